The Balaban J connectivity index is 1.55. The number of sulfonamides is 1. The third-order valence-corrected chi connectivity index (χ3v) is 8.37. The Morgan fingerprint density at radius 1 is 1.22 bits per heavy atom. The average molecular weight is 526 g/mol. The van der Waals surface area contributed by atoms with E-state index < -0.39 is 16.1 Å². The number of aliphatic hydroxyl groups excluding tert-OH is 1. The summed E-state index contributed by atoms with van der Waals surface area (Å²) >= 11 is 3.31. The Morgan fingerprint density at radius 2 is 1.84 bits per heavy atom. The van der Waals surface area contributed by atoms with Crippen molar-refractivity contribution < 1.29 is 18.3 Å². The van der Waals surface area contributed by atoms with Gasteiger partial charge in [-0.3, -0.25) is 0 Å². The third kappa shape index (κ3) is 6.11. The molecule has 0 aromatic heterocycles. The lowest BCUT2D eigenvalue weighted by Crippen LogP contribution is -2.47. The molecule has 1 aliphatic rings. The van der Waals surface area contributed by atoms with Crippen LogP contribution in [0.2, 0.25) is 0 Å². The number of aliphatic hydroxyl groups is 1. The second kappa shape index (κ2) is 10.2. The second-order valence-corrected chi connectivity index (χ2v) is 12.2. The van der Waals surface area contributed by atoms with Gasteiger partial charge in [-0.05, 0) is 68.4 Å². The molecule has 3 rings (SSSR count). The number of methoxy groups -OCH3 is 1. The highest BCUT2D eigenvalue weighted by molar-refractivity contribution is 9.10. The van der Waals surface area contributed by atoms with Gasteiger partial charge in [-0.2, -0.15) is 4.31 Å². The van der Waals surface area contributed by atoms with Crippen molar-refractivity contribution in [1.29, 1.82) is 0 Å². The number of ether oxygens (including phenoxy) is 1. The summed E-state index contributed by atoms with van der Waals surface area (Å²) in [6, 6.07) is 13.4. The summed E-state index contributed by atoms with van der Waals surface area (Å²) in [7, 11) is -0.903. The molecule has 2 aromatic carbocycles. The van der Waals surface area contributed by atoms with Crippen molar-refractivity contribution in [2.24, 2.45) is 5.92 Å². The molecule has 6 nitrogen and oxygen atoms in total. The van der Waals surface area contributed by atoms with Crippen LogP contribution >= 0.6 is 15.9 Å². The number of nitrogens with zero attached hydrogens (tertiary/aromatic N) is 1. The summed E-state index contributed by atoms with van der Waals surface area (Å²) in [6.07, 6.45) is 2.31. The number of fused-ring (bicyclic) bond motifs is 1. The van der Waals surface area contributed by atoms with Gasteiger partial charge in [0.25, 0.3) is 0 Å². The maximum Gasteiger partial charge on any atom is 0.246 e. The molecule has 8 heteroatoms. The van der Waals surface area contributed by atoms with E-state index in [0.717, 1.165) is 19.3 Å². The number of nitrogens with one attached hydrogen (secondary N) is 1. The fourth-order valence-corrected chi connectivity index (χ4v) is 6.36. The van der Waals surface area contributed by atoms with Gasteiger partial charge >= 0.3 is 0 Å². The van der Waals surface area contributed by atoms with E-state index in [9.17, 15) is 13.5 Å². The highest BCUT2D eigenvalue weighted by Gasteiger charge is 2.30. The first-order chi connectivity index (χ1) is 15.0. The van der Waals surface area contributed by atoms with E-state index in [4.69, 9.17) is 4.74 Å². The van der Waals surface area contributed by atoms with Gasteiger partial charge in [-0.1, -0.05) is 40.2 Å². The minimum Gasteiger partial charge on any atom is -0.495 e. The summed E-state index contributed by atoms with van der Waals surface area (Å²) in [5, 5.41) is 14.0. The highest BCUT2D eigenvalue weighted by Crippen LogP contribution is 2.32. The number of likely N-dealkylation sites (N-methyl/N-ethyl adjacent to an activating group) is 1. The van der Waals surface area contributed by atoms with E-state index >= 15 is 0 Å². The van der Waals surface area contributed by atoms with E-state index in [1.54, 1.807) is 12.1 Å². The molecule has 0 bridgehead atoms. The predicted octanol–water partition coefficient (Wildman–Crippen LogP) is 3.61. The van der Waals surface area contributed by atoms with Crippen LogP contribution in [0.3, 0.4) is 0 Å². The first-order valence-corrected chi connectivity index (χ1v) is 13.0. The van der Waals surface area contributed by atoms with Crippen LogP contribution in [0.4, 0.5) is 0 Å². The van der Waals surface area contributed by atoms with Crippen molar-refractivity contribution in [1.82, 2.24) is 9.62 Å². The zero-order chi connectivity index (χ0) is 23.5. The molecule has 0 amide bonds. The standard InChI is InChI=1S/C24H33BrN2O4S/c1-24(2,14-17-11-18-7-5-6-8-19(18)12-17)26-15-21(28)16-27(3)32(29,30)23-13-20(25)9-10-22(23)31-4/h5-10,13,17,21,26,28H,11-12,14-16H2,1-4H3. The van der Waals surface area contributed by atoms with Crippen LogP contribution in [-0.2, 0) is 22.9 Å². The Kier molecular flexibility index (Phi) is 8.04. The van der Waals surface area contributed by atoms with Crippen molar-refractivity contribution in [2.75, 3.05) is 27.2 Å². The molecule has 2 N–H and O–H groups in total. The Hall–Kier alpha value is -1.45. The number of hydrogen-bond acceptors (Lipinski definition) is 5. The fraction of sp³-hybridized carbons (Fsp3) is 0.500. The lowest BCUT2D eigenvalue weighted by molar-refractivity contribution is 0.135. The first-order valence-electron chi connectivity index (χ1n) is 10.8. The SMILES string of the molecule is COc1ccc(Br)cc1S(=O)(=O)N(C)CC(O)CNC(C)(C)CC1Cc2ccccc2C1. The molecule has 1 atom stereocenters. The molecular formula is C24H33BrN2O4S. The van der Waals surface area contributed by atoms with Crippen LogP contribution in [0.5, 0.6) is 5.75 Å². The van der Waals surface area contributed by atoms with Gasteiger partial charge in [0.1, 0.15) is 10.6 Å². The lowest BCUT2D eigenvalue weighted by atomic mass is 9.88. The van der Waals surface area contributed by atoms with E-state index in [2.05, 4.69) is 59.4 Å². The number of hydrogen-bond donors (Lipinski definition) is 2. The molecule has 32 heavy (non-hydrogen) atoms. The number of benzene rings is 2. The van der Waals surface area contributed by atoms with Crippen LogP contribution in [0.1, 0.15) is 31.4 Å². The topological polar surface area (TPSA) is 78.9 Å². The monoisotopic (exact) mass is 524 g/mol. The van der Waals surface area contributed by atoms with Gasteiger partial charge in [0.2, 0.25) is 10.0 Å². The number of β-amino-alcohol motifs (C(OH)–C–C–N with tert-alkyl or cyclic N) is 1. The summed E-state index contributed by atoms with van der Waals surface area (Å²) < 4.78 is 33.1. The normalized spacial score (nSPS) is 15.7. The predicted molar refractivity (Wildman–Crippen MR) is 131 cm³/mol. The van der Waals surface area contributed by atoms with Gasteiger partial charge in [0.15, 0.2) is 0 Å². The minimum atomic E-state index is -3.81. The highest BCUT2D eigenvalue weighted by atomic mass is 79.9. The van der Waals surface area contributed by atoms with Crippen molar-refractivity contribution in [3.8, 4) is 5.75 Å². The summed E-state index contributed by atoms with van der Waals surface area (Å²) in [6.45, 7) is 4.56. The van der Waals surface area contributed by atoms with E-state index in [1.807, 2.05) is 0 Å². The van der Waals surface area contributed by atoms with Crippen molar-refractivity contribution >= 4 is 26.0 Å². The molecule has 1 unspecified atom stereocenters. The zero-order valence-corrected chi connectivity index (χ0v) is 21.5. The smallest absolute Gasteiger partial charge is 0.246 e. The van der Waals surface area contributed by atoms with Crippen molar-refractivity contribution in [3.05, 3.63) is 58.1 Å². The molecule has 1 aliphatic carbocycles. The van der Waals surface area contributed by atoms with Crippen LogP contribution in [0.15, 0.2) is 51.8 Å². The van der Waals surface area contributed by atoms with Gasteiger partial charge in [0.05, 0.1) is 13.2 Å². The van der Waals surface area contributed by atoms with Crippen LogP contribution < -0.4 is 10.1 Å². The van der Waals surface area contributed by atoms with Crippen LogP contribution in [0.25, 0.3) is 0 Å². The van der Waals surface area contributed by atoms with Crippen LogP contribution in [-0.4, -0.2) is 56.7 Å². The maximum atomic E-state index is 13.0. The molecule has 2 aromatic rings. The maximum absolute atomic E-state index is 13.0. The van der Waals surface area contributed by atoms with Crippen molar-refractivity contribution in [2.45, 2.75) is 49.6 Å². The molecule has 0 heterocycles. The van der Waals surface area contributed by atoms with E-state index in [0.29, 0.717) is 16.9 Å². The molecule has 0 radical (unpaired) electrons. The molecule has 176 valence electrons. The van der Waals surface area contributed by atoms with Crippen LogP contribution in [0, 0.1) is 5.92 Å². The molecule has 0 saturated carbocycles. The van der Waals surface area contributed by atoms with Gasteiger partial charge in [0, 0.05) is 30.1 Å². The lowest BCUT2D eigenvalue weighted by Gasteiger charge is -2.31. The number of halogens is 1. The fourth-order valence-electron chi connectivity index (χ4n) is 4.46. The molecule has 0 spiro atoms. The Morgan fingerprint density at radius 3 is 2.44 bits per heavy atom. The second-order valence-electron chi connectivity index (χ2n) is 9.25. The largest absolute Gasteiger partial charge is 0.495 e. The van der Waals surface area contributed by atoms with Gasteiger partial charge in [-0.25, -0.2) is 8.42 Å². The average Bonchev–Trinajstić information content (AvgIpc) is 3.13. The molecule has 0 fully saturated rings. The quantitative estimate of drug-likeness (QED) is 0.496. The molecular weight excluding hydrogens is 492 g/mol. The first kappa shape index (κ1) is 25.2. The van der Waals surface area contributed by atoms with Gasteiger partial charge in [-0.15, -0.1) is 0 Å². The van der Waals surface area contributed by atoms with Gasteiger partial charge < -0.3 is 15.2 Å². The van der Waals surface area contributed by atoms with E-state index in [-0.39, 0.29) is 22.7 Å². The Labute approximate surface area is 200 Å². The summed E-state index contributed by atoms with van der Waals surface area (Å²) in [5.41, 5.74) is 2.70. The molecule has 0 aliphatic heterocycles. The summed E-state index contributed by atoms with van der Waals surface area (Å²) in [5.74, 6) is 0.838. The summed E-state index contributed by atoms with van der Waals surface area (Å²) in [4.78, 5) is 0.0677. The third-order valence-electron chi connectivity index (χ3n) is 6.03. The van der Waals surface area contributed by atoms with E-state index in [1.165, 1.54) is 35.7 Å². The number of rotatable bonds is 10. The zero-order valence-electron chi connectivity index (χ0n) is 19.1. The van der Waals surface area contributed by atoms with Crippen molar-refractivity contribution in [3.63, 3.8) is 0 Å². The molecule has 0 saturated heterocycles. The Bertz CT molecular complexity index is 1020. The minimum absolute atomic E-state index is 0.0179.